The Morgan fingerprint density at radius 1 is 1.23 bits per heavy atom. The zero-order valence-corrected chi connectivity index (χ0v) is 18.8. The van der Waals surface area contributed by atoms with E-state index in [1.54, 1.807) is 6.07 Å². The van der Waals surface area contributed by atoms with Crippen LogP contribution in [0.2, 0.25) is 0 Å². The van der Waals surface area contributed by atoms with E-state index < -0.39 is 0 Å². The van der Waals surface area contributed by atoms with Crippen LogP contribution in [0.25, 0.3) is 0 Å². The van der Waals surface area contributed by atoms with Gasteiger partial charge in [0.15, 0.2) is 5.96 Å². The van der Waals surface area contributed by atoms with E-state index in [-0.39, 0.29) is 24.0 Å². The number of aromatic hydroxyl groups is 1. The SMILES string of the molecule is CCN(CCNC(=NC)N1CCN(c2ccccc2O)CC1)C(C)C.I. The highest BCUT2D eigenvalue weighted by Gasteiger charge is 2.21. The molecule has 0 aliphatic carbocycles. The molecule has 0 unspecified atom stereocenters. The smallest absolute Gasteiger partial charge is 0.193 e. The van der Waals surface area contributed by atoms with Crippen LogP contribution < -0.4 is 10.2 Å². The number of para-hydroxylation sites is 2. The Hall–Kier alpha value is -1.22. The van der Waals surface area contributed by atoms with Crippen LogP contribution in [0, 0.1) is 0 Å². The Labute approximate surface area is 175 Å². The third-order valence-corrected chi connectivity index (χ3v) is 4.83. The highest BCUT2D eigenvalue weighted by atomic mass is 127. The number of hydrogen-bond donors (Lipinski definition) is 2. The second kappa shape index (κ2) is 11.5. The Bertz CT molecular complexity index is 559. The van der Waals surface area contributed by atoms with Gasteiger partial charge in [-0.1, -0.05) is 19.1 Å². The van der Waals surface area contributed by atoms with Gasteiger partial charge in [0, 0.05) is 52.4 Å². The molecule has 2 rings (SSSR count). The molecule has 1 heterocycles. The fourth-order valence-electron chi connectivity index (χ4n) is 3.32. The first-order valence-corrected chi connectivity index (χ1v) is 9.29. The number of piperazine rings is 1. The first-order valence-electron chi connectivity index (χ1n) is 9.29. The van der Waals surface area contributed by atoms with E-state index in [0.29, 0.717) is 11.8 Å². The summed E-state index contributed by atoms with van der Waals surface area (Å²) in [7, 11) is 1.85. The maximum Gasteiger partial charge on any atom is 0.193 e. The molecule has 1 saturated heterocycles. The molecule has 26 heavy (non-hydrogen) atoms. The molecule has 1 aliphatic heterocycles. The second-order valence-electron chi connectivity index (χ2n) is 6.66. The van der Waals surface area contributed by atoms with Crippen LogP contribution in [0.4, 0.5) is 5.69 Å². The molecule has 0 atom stereocenters. The Balaban J connectivity index is 0.00000338. The molecular weight excluding hydrogens is 441 g/mol. The molecule has 1 aromatic carbocycles. The van der Waals surface area contributed by atoms with Gasteiger partial charge in [-0.05, 0) is 32.5 Å². The van der Waals surface area contributed by atoms with Gasteiger partial charge in [-0.3, -0.25) is 9.89 Å². The number of rotatable bonds is 6. The molecule has 1 aromatic rings. The quantitative estimate of drug-likeness (QED) is 0.376. The minimum atomic E-state index is 0. The molecule has 0 amide bonds. The van der Waals surface area contributed by atoms with Crippen molar-refractivity contribution in [2.75, 3.05) is 57.8 Å². The first-order chi connectivity index (χ1) is 12.1. The molecule has 0 bridgehead atoms. The summed E-state index contributed by atoms with van der Waals surface area (Å²) in [5.41, 5.74) is 0.917. The average Bonchev–Trinajstić information content (AvgIpc) is 2.62. The van der Waals surface area contributed by atoms with E-state index in [9.17, 15) is 5.11 Å². The highest BCUT2D eigenvalue weighted by molar-refractivity contribution is 14.0. The largest absolute Gasteiger partial charge is 0.506 e. The molecule has 148 valence electrons. The number of guanidine groups is 1. The van der Waals surface area contributed by atoms with Crippen molar-refractivity contribution in [3.05, 3.63) is 24.3 Å². The molecule has 1 fully saturated rings. The van der Waals surface area contributed by atoms with Crippen LogP contribution in [0.3, 0.4) is 0 Å². The van der Waals surface area contributed by atoms with Crippen LogP contribution in [0.15, 0.2) is 29.3 Å². The summed E-state index contributed by atoms with van der Waals surface area (Å²) in [4.78, 5) is 11.4. The molecule has 0 spiro atoms. The van der Waals surface area contributed by atoms with Gasteiger partial charge in [0.1, 0.15) is 5.75 Å². The minimum absolute atomic E-state index is 0. The van der Waals surface area contributed by atoms with E-state index in [1.807, 2.05) is 25.2 Å². The summed E-state index contributed by atoms with van der Waals surface area (Å²) < 4.78 is 0. The van der Waals surface area contributed by atoms with Crippen LogP contribution in [-0.4, -0.2) is 79.8 Å². The lowest BCUT2D eigenvalue weighted by atomic mass is 10.2. The van der Waals surface area contributed by atoms with Gasteiger partial charge in [0.25, 0.3) is 0 Å². The number of hydrogen-bond acceptors (Lipinski definition) is 4. The lowest BCUT2D eigenvalue weighted by molar-refractivity contribution is 0.236. The van der Waals surface area contributed by atoms with E-state index in [4.69, 9.17) is 0 Å². The zero-order chi connectivity index (χ0) is 18.2. The summed E-state index contributed by atoms with van der Waals surface area (Å²) in [6, 6.07) is 8.11. The monoisotopic (exact) mass is 475 g/mol. The van der Waals surface area contributed by atoms with Crippen molar-refractivity contribution in [1.82, 2.24) is 15.1 Å². The molecule has 7 heteroatoms. The van der Waals surface area contributed by atoms with Crippen molar-refractivity contribution < 1.29 is 5.11 Å². The van der Waals surface area contributed by atoms with Gasteiger partial charge in [0.05, 0.1) is 5.69 Å². The topological polar surface area (TPSA) is 54.3 Å². The summed E-state index contributed by atoms with van der Waals surface area (Å²) in [5.74, 6) is 1.32. The normalized spacial score (nSPS) is 15.4. The molecule has 2 N–H and O–H groups in total. The van der Waals surface area contributed by atoms with E-state index in [1.165, 1.54) is 0 Å². The Kier molecular flexibility index (Phi) is 10.1. The molecule has 0 saturated carbocycles. The fourth-order valence-corrected chi connectivity index (χ4v) is 3.32. The van der Waals surface area contributed by atoms with Crippen LogP contribution in [0.5, 0.6) is 5.75 Å². The second-order valence-corrected chi connectivity index (χ2v) is 6.66. The van der Waals surface area contributed by atoms with E-state index in [2.05, 4.69) is 45.8 Å². The van der Waals surface area contributed by atoms with Gasteiger partial charge in [-0.15, -0.1) is 24.0 Å². The molecular formula is C19H34IN5O. The number of benzene rings is 1. The molecule has 6 nitrogen and oxygen atoms in total. The Morgan fingerprint density at radius 3 is 2.42 bits per heavy atom. The number of aliphatic imine (C=N–C) groups is 1. The molecule has 0 aromatic heterocycles. The average molecular weight is 475 g/mol. The van der Waals surface area contributed by atoms with Crippen molar-refractivity contribution in [2.45, 2.75) is 26.8 Å². The van der Waals surface area contributed by atoms with Gasteiger partial charge >= 0.3 is 0 Å². The maximum atomic E-state index is 10.0. The number of anilines is 1. The number of phenols is 1. The summed E-state index contributed by atoms with van der Waals surface area (Å²) in [6.45, 7) is 13.2. The minimum Gasteiger partial charge on any atom is -0.506 e. The van der Waals surface area contributed by atoms with Gasteiger partial charge in [-0.2, -0.15) is 0 Å². The van der Waals surface area contributed by atoms with Crippen molar-refractivity contribution >= 4 is 35.6 Å². The third-order valence-electron chi connectivity index (χ3n) is 4.83. The predicted molar refractivity (Wildman–Crippen MR) is 121 cm³/mol. The van der Waals surface area contributed by atoms with Gasteiger partial charge in [-0.25, -0.2) is 0 Å². The highest BCUT2D eigenvalue weighted by Crippen LogP contribution is 2.27. The Morgan fingerprint density at radius 2 is 1.88 bits per heavy atom. The van der Waals surface area contributed by atoms with Crippen LogP contribution in [0.1, 0.15) is 20.8 Å². The summed E-state index contributed by atoms with van der Waals surface area (Å²) >= 11 is 0. The van der Waals surface area contributed by atoms with Gasteiger partial charge in [0.2, 0.25) is 0 Å². The van der Waals surface area contributed by atoms with Crippen LogP contribution >= 0.6 is 24.0 Å². The van der Waals surface area contributed by atoms with Crippen molar-refractivity contribution in [3.63, 3.8) is 0 Å². The molecule has 1 aliphatic rings. The zero-order valence-electron chi connectivity index (χ0n) is 16.5. The van der Waals surface area contributed by atoms with Gasteiger partial charge < -0.3 is 20.2 Å². The maximum absolute atomic E-state index is 10.0. The number of likely N-dealkylation sites (N-methyl/N-ethyl adjacent to an activating group) is 1. The number of nitrogens with zero attached hydrogens (tertiary/aromatic N) is 4. The van der Waals surface area contributed by atoms with E-state index in [0.717, 1.165) is 57.5 Å². The van der Waals surface area contributed by atoms with E-state index >= 15 is 0 Å². The summed E-state index contributed by atoms with van der Waals surface area (Å²) in [5, 5.41) is 13.5. The standard InChI is InChI=1S/C19H33N5O.HI/c1-5-22(16(2)3)11-10-21-19(20-4)24-14-12-23(13-15-24)17-8-6-7-9-18(17)25;/h6-9,16,25H,5,10-15H2,1-4H3,(H,20,21);1H. The lowest BCUT2D eigenvalue weighted by Gasteiger charge is -2.38. The number of phenolic OH excluding ortho intramolecular Hbond substituents is 1. The number of halogens is 1. The summed E-state index contributed by atoms with van der Waals surface area (Å²) in [6.07, 6.45) is 0. The van der Waals surface area contributed by atoms with Crippen molar-refractivity contribution in [3.8, 4) is 5.75 Å². The van der Waals surface area contributed by atoms with Crippen molar-refractivity contribution in [2.24, 2.45) is 4.99 Å². The van der Waals surface area contributed by atoms with Crippen molar-refractivity contribution in [1.29, 1.82) is 0 Å². The number of nitrogens with one attached hydrogen (secondary N) is 1. The predicted octanol–water partition coefficient (Wildman–Crippen LogP) is 2.44. The lowest BCUT2D eigenvalue weighted by Crippen LogP contribution is -2.53. The molecule has 0 radical (unpaired) electrons. The van der Waals surface area contributed by atoms with Crippen LogP contribution in [-0.2, 0) is 0 Å². The fraction of sp³-hybridized carbons (Fsp3) is 0.632. The third kappa shape index (κ3) is 6.19. The first kappa shape index (κ1) is 22.8.